The van der Waals surface area contributed by atoms with Crippen LogP contribution in [0.5, 0.6) is 0 Å². The normalized spacial score (nSPS) is 26.3. The van der Waals surface area contributed by atoms with Gasteiger partial charge in [-0.2, -0.15) is 8.42 Å². The van der Waals surface area contributed by atoms with Gasteiger partial charge in [-0.15, -0.1) is 0 Å². The lowest BCUT2D eigenvalue weighted by molar-refractivity contribution is 0.394. The molecule has 0 spiro atoms. The Morgan fingerprint density at radius 2 is 2.14 bits per heavy atom. The lowest BCUT2D eigenvalue weighted by Gasteiger charge is -2.31. The van der Waals surface area contributed by atoms with E-state index in [1.54, 1.807) is 6.08 Å². The first kappa shape index (κ1) is 14.4. The SMILES string of the molecule is CC1C=CC(Cc2cc3ccccc3o2)(S(=O)(=O)O)CC1. The van der Waals surface area contributed by atoms with Gasteiger partial charge in [0, 0.05) is 11.8 Å². The van der Waals surface area contributed by atoms with Crippen LogP contribution in [0.15, 0.2) is 46.9 Å². The largest absolute Gasteiger partial charge is 0.461 e. The van der Waals surface area contributed by atoms with Crippen molar-refractivity contribution in [3.63, 3.8) is 0 Å². The summed E-state index contributed by atoms with van der Waals surface area (Å²) in [6, 6.07) is 9.38. The van der Waals surface area contributed by atoms with Crippen molar-refractivity contribution < 1.29 is 17.4 Å². The van der Waals surface area contributed by atoms with Crippen LogP contribution in [-0.4, -0.2) is 17.7 Å². The maximum absolute atomic E-state index is 11.9. The summed E-state index contributed by atoms with van der Waals surface area (Å²) in [5.41, 5.74) is 0.728. The molecule has 0 saturated heterocycles. The molecule has 2 atom stereocenters. The van der Waals surface area contributed by atoms with Gasteiger partial charge in [0.1, 0.15) is 16.1 Å². The molecule has 1 N–H and O–H groups in total. The van der Waals surface area contributed by atoms with Gasteiger partial charge in [-0.25, -0.2) is 0 Å². The van der Waals surface area contributed by atoms with Crippen molar-refractivity contribution in [3.8, 4) is 0 Å². The molecule has 0 radical (unpaired) electrons. The molecule has 3 rings (SSSR count). The molecule has 0 aliphatic heterocycles. The minimum absolute atomic E-state index is 0.156. The molecule has 21 heavy (non-hydrogen) atoms. The summed E-state index contributed by atoms with van der Waals surface area (Å²) in [5.74, 6) is 0.906. The zero-order valence-electron chi connectivity index (χ0n) is 11.8. The summed E-state index contributed by atoms with van der Waals surface area (Å²) < 4.78 is 37.9. The fraction of sp³-hybridized carbons (Fsp3) is 0.375. The van der Waals surface area contributed by atoms with E-state index in [-0.39, 0.29) is 6.42 Å². The third-order valence-electron chi connectivity index (χ3n) is 4.22. The van der Waals surface area contributed by atoms with Crippen LogP contribution < -0.4 is 0 Å². The van der Waals surface area contributed by atoms with Gasteiger partial charge in [0.15, 0.2) is 0 Å². The Balaban J connectivity index is 2.01. The van der Waals surface area contributed by atoms with Gasteiger partial charge < -0.3 is 4.42 Å². The predicted octanol–water partition coefficient (Wildman–Crippen LogP) is 3.59. The fourth-order valence-electron chi connectivity index (χ4n) is 2.86. The molecule has 0 fully saturated rings. The molecule has 2 unspecified atom stereocenters. The Kier molecular flexibility index (Phi) is 3.42. The molecular formula is C16H18O4S. The summed E-state index contributed by atoms with van der Waals surface area (Å²) in [6.07, 6.45) is 4.78. The first-order valence-electron chi connectivity index (χ1n) is 7.03. The number of allylic oxidation sites excluding steroid dienone is 1. The summed E-state index contributed by atoms with van der Waals surface area (Å²) in [4.78, 5) is 0. The highest BCUT2D eigenvalue weighted by atomic mass is 32.2. The zero-order chi connectivity index (χ0) is 15.1. The highest BCUT2D eigenvalue weighted by Crippen LogP contribution is 2.36. The number of para-hydroxylation sites is 1. The standard InChI is InChI=1S/C16H18O4S/c1-12-6-8-16(9-7-12,21(17,18)19)11-14-10-13-4-2-3-5-15(13)20-14/h2-6,8,10,12H,7,9,11H2,1H3,(H,17,18,19). The first-order chi connectivity index (χ1) is 9.90. The number of furan rings is 1. The molecule has 0 bridgehead atoms. The zero-order valence-corrected chi connectivity index (χ0v) is 12.6. The van der Waals surface area contributed by atoms with Crippen molar-refractivity contribution in [2.45, 2.75) is 30.9 Å². The third-order valence-corrected chi connectivity index (χ3v) is 5.73. The monoisotopic (exact) mass is 306 g/mol. The lowest BCUT2D eigenvalue weighted by Crippen LogP contribution is -2.40. The minimum Gasteiger partial charge on any atom is -0.461 e. The summed E-state index contributed by atoms with van der Waals surface area (Å²) in [6.45, 7) is 2.03. The van der Waals surface area contributed by atoms with Crippen molar-refractivity contribution in [2.75, 3.05) is 0 Å². The summed E-state index contributed by atoms with van der Waals surface area (Å²) in [5, 5.41) is 0.936. The second-order valence-electron chi connectivity index (χ2n) is 5.84. The first-order valence-corrected chi connectivity index (χ1v) is 8.47. The van der Waals surface area contributed by atoms with Crippen LogP contribution in [0.1, 0.15) is 25.5 Å². The summed E-state index contributed by atoms with van der Waals surface area (Å²) >= 11 is 0. The van der Waals surface area contributed by atoms with Crippen LogP contribution in [0.25, 0.3) is 11.0 Å². The summed E-state index contributed by atoms with van der Waals surface area (Å²) in [7, 11) is -4.19. The maximum atomic E-state index is 11.9. The topological polar surface area (TPSA) is 67.5 Å². The number of rotatable bonds is 3. The van der Waals surface area contributed by atoms with E-state index >= 15 is 0 Å². The molecule has 1 aromatic carbocycles. The molecule has 0 amide bonds. The molecule has 1 heterocycles. The average Bonchev–Trinajstić information content (AvgIpc) is 2.82. The van der Waals surface area contributed by atoms with Gasteiger partial charge >= 0.3 is 0 Å². The van der Waals surface area contributed by atoms with E-state index in [1.807, 2.05) is 43.3 Å². The maximum Gasteiger partial charge on any atom is 0.274 e. The highest BCUT2D eigenvalue weighted by molar-refractivity contribution is 7.87. The Morgan fingerprint density at radius 1 is 1.38 bits per heavy atom. The van der Waals surface area contributed by atoms with E-state index in [0.717, 1.165) is 17.4 Å². The van der Waals surface area contributed by atoms with Crippen LogP contribution in [0, 0.1) is 5.92 Å². The van der Waals surface area contributed by atoms with E-state index in [0.29, 0.717) is 18.1 Å². The van der Waals surface area contributed by atoms with E-state index in [1.165, 1.54) is 0 Å². The van der Waals surface area contributed by atoms with Gasteiger partial charge in [-0.1, -0.05) is 37.3 Å². The van der Waals surface area contributed by atoms with Crippen molar-refractivity contribution in [1.29, 1.82) is 0 Å². The van der Waals surface area contributed by atoms with Crippen LogP contribution in [0.4, 0.5) is 0 Å². The second-order valence-corrected chi connectivity index (χ2v) is 7.61. The Hall–Kier alpha value is -1.59. The van der Waals surface area contributed by atoms with Gasteiger partial charge in [0.05, 0.1) is 0 Å². The molecule has 112 valence electrons. The van der Waals surface area contributed by atoms with E-state index < -0.39 is 14.9 Å². The fourth-order valence-corrected chi connectivity index (χ4v) is 3.81. The molecule has 2 aromatic rings. The Bertz CT molecular complexity index is 754. The molecule has 1 aliphatic rings. The molecule has 1 aliphatic carbocycles. The lowest BCUT2D eigenvalue weighted by atomic mass is 9.86. The smallest absolute Gasteiger partial charge is 0.274 e. The van der Waals surface area contributed by atoms with Gasteiger partial charge in [0.2, 0.25) is 0 Å². The number of fused-ring (bicyclic) bond motifs is 1. The predicted molar refractivity (Wildman–Crippen MR) is 81.7 cm³/mol. The quantitative estimate of drug-likeness (QED) is 0.695. The number of hydrogen-bond donors (Lipinski definition) is 1. The van der Waals surface area contributed by atoms with Crippen molar-refractivity contribution in [1.82, 2.24) is 0 Å². The van der Waals surface area contributed by atoms with E-state index in [4.69, 9.17) is 4.42 Å². The van der Waals surface area contributed by atoms with Crippen LogP contribution >= 0.6 is 0 Å². The number of benzene rings is 1. The van der Waals surface area contributed by atoms with Gasteiger partial charge in [0.25, 0.3) is 10.1 Å². The van der Waals surface area contributed by atoms with E-state index in [9.17, 15) is 13.0 Å². The number of hydrogen-bond acceptors (Lipinski definition) is 3. The van der Waals surface area contributed by atoms with Crippen LogP contribution in [-0.2, 0) is 16.5 Å². The molecule has 4 nitrogen and oxygen atoms in total. The van der Waals surface area contributed by atoms with Crippen molar-refractivity contribution in [2.24, 2.45) is 5.92 Å². The van der Waals surface area contributed by atoms with E-state index in [2.05, 4.69) is 0 Å². The highest BCUT2D eigenvalue weighted by Gasteiger charge is 2.43. The van der Waals surface area contributed by atoms with Crippen LogP contribution in [0.2, 0.25) is 0 Å². The van der Waals surface area contributed by atoms with Crippen LogP contribution in [0.3, 0.4) is 0 Å². The molecular weight excluding hydrogens is 288 g/mol. The molecule has 5 heteroatoms. The second kappa shape index (κ2) is 5.00. The van der Waals surface area contributed by atoms with Gasteiger partial charge in [-0.05, 0) is 30.9 Å². The average molecular weight is 306 g/mol. The van der Waals surface area contributed by atoms with Gasteiger partial charge in [-0.3, -0.25) is 4.55 Å². The molecule has 1 aromatic heterocycles. The molecule has 0 saturated carbocycles. The Morgan fingerprint density at radius 3 is 2.76 bits per heavy atom. The van der Waals surface area contributed by atoms with Crippen molar-refractivity contribution in [3.05, 3.63) is 48.2 Å². The van der Waals surface area contributed by atoms with Crippen molar-refractivity contribution >= 4 is 21.1 Å². The minimum atomic E-state index is -4.19. The third kappa shape index (κ3) is 2.63. The Labute approximate surface area is 124 Å².